The predicted octanol–water partition coefficient (Wildman–Crippen LogP) is 5.40. The molecule has 1 atom stereocenters. The van der Waals surface area contributed by atoms with Crippen molar-refractivity contribution in [3.63, 3.8) is 0 Å². The molecule has 0 spiro atoms. The van der Waals surface area contributed by atoms with E-state index < -0.39 is 0 Å². The van der Waals surface area contributed by atoms with Gasteiger partial charge in [0.2, 0.25) is 11.8 Å². The first-order chi connectivity index (χ1) is 24.4. The number of aromatic hydroxyl groups is 1. The number of fused-ring (bicyclic) bond motifs is 1. The molecule has 1 aliphatic carbocycles. The highest BCUT2D eigenvalue weighted by Gasteiger charge is 2.37. The van der Waals surface area contributed by atoms with E-state index in [-0.39, 0.29) is 23.6 Å². The van der Waals surface area contributed by atoms with Gasteiger partial charge in [0, 0.05) is 29.8 Å². The number of likely N-dealkylation sites (tertiary alicyclic amines) is 1. The molecule has 11 heteroatoms. The van der Waals surface area contributed by atoms with Crippen molar-refractivity contribution >= 4 is 23.3 Å². The third-order valence-electron chi connectivity index (χ3n) is 11.2. The molecule has 2 amide bonds. The second-order valence-electron chi connectivity index (χ2n) is 14.0. The molecule has 0 bridgehead atoms. The van der Waals surface area contributed by atoms with E-state index in [0.717, 1.165) is 68.7 Å². The van der Waals surface area contributed by atoms with Gasteiger partial charge in [-0.1, -0.05) is 24.3 Å². The second-order valence-corrected chi connectivity index (χ2v) is 14.0. The van der Waals surface area contributed by atoms with Crippen molar-refractivity contribution in [2.24, 2.45) is 0 Å². The number of phenolic OH excluding ortho intramolecular Hbond substituents is 1. The maximum atomic E-state index is 12.7. The molecule has 50 heavy (non-hydrogen) atoms. The van der Waals surface area contributed by atoms with Gasteiger partial charge in [-0.3, -0.25) is 19.9 Å². The van der Waals surface area contributed by atoms with E-state index in [9.17, 15) is 14.7 Å². The van der Waals surface area contributed by atoms with E-state index in [2.05, 4.69) is 60.6 Å². The van der Waals surface area contributed by atoms with E-state index in [4.69, 9.17) is 10.5 Å². The lowest BCUT2D eigenvalue weighted by Crippen LogP contribution is -2.54. The summed E-state index contributed by atoms with van der Waals surface area (Å²) in [5, 5.41) is 21.3. The molecule has 2 aromatic heterocycles. The van der Waals surface area contributed by atoms with E-state index in [1.807, 2.05) is 24.4 Å². The highest BCUT2D eigenvalue weighted by Crippen LogP contribution is 2.45. The number of anilines is 2. The topological polar surface area (TPSA) is 147 Å². The lowest BCUT2D eigenvalue weighted by Gasteiger charge is -2.42. The van der Waals surface area contributed by atoms with Gasteiger partial charge in [0.05, 0.1) is 23.6 Å². The number of hydrogen-bond donors (Lipinski definition) is 3. The Balaban J connectivity index is 0.897. The van der Waals surface area contributed by atoms with Gasteiger partial charge in [-0.25, -0.2) is 0 Å². The van der Waals surface area contributed by atoms with Crippen LogP contribution < -0.4 is 20.7 Å². The number of carbonyl (C=O) groups is 2. The summed E-state index contributed by atoms with van der Waals surface area (Å²) < 4.78 is 6.28. The maximum Gasteiger partial charge on any atom is 0.249 e. The Labute approximate surface area is 291 Å². The Hall–Kier alpha value is -5.03. The molecular weight excluding hydrogens is 630 g/mol. The van der Waals surface area contributed by atoms with Gasteiger partial charge < -0.3 is 25.4 Å². The van der Waals surface area contributed by atoms with Crippen molar-refractivity contribution in [2.75, 3.05) is 36.9 Å². The Morgan fingerprint density at radius 2 is 1.64 bits per heavy atom. The first-order valence-corrected chi connectivity index (χ1v) is 17.9. The van der Waals surface area contributed by atoms with Gasteiger partial charge in [0.15, 0.2) is 5.82 Å². The molecule has 1 saturated carbocycles. The van der Waals surface area contributed by atoms with Crippen LogP contribution in [0, 0.1) is 0 Å². The number of carbonyl (C=O) groups excluding carboxylic acids is 2. The normalized spacial score (nSPS) is 23.2. The van der Waals surface area contributed by atoms with Gasteiger partial charge in [0.25, 0.3) is 0 Å². The second kappa shape index (κ2) is 13.7. The average Bonchev–Trinajstić information content (AvgIpc) is 3.15. The van der Waals surface area contributed by atoms with Crippen LogP contribution in [0.2, 0.25) is 0 Å². The van der Waals surface area contributed by atoms with Crippen LogP contribution in [-0.4, -0.2) is 75.3 Å². The zero-order valence-corrected chi connectivity index (χ0v) is 28.1. The van der Waals surface area contributed by atoms with Crippen molar-refractivity contribution in [3.8, 4) is 34.0 Å². The predicted molar refractivity (Wildman–Crippen MR) is 191 cm³/mol. The fourth-order valence-corrected chi connectivity index (χ4v) is 8.54. The largest absolute Gasteiger partial charge is 0.507 e. The summed E-state index contributed by atoms with van der Waals surface area (Å²) in [6.07, 6.45) is 9.48. The summed E-state index contributed by atoms with van der Waals surface area (Å²) in [6, 6.07) is 19.8. The number of ether oxygens (including phenoxy) is 1. The van der Waals surface area contributed by atoms with Crippen LogP contribution in [-0.2, 0) is 9.59 Å². The van der Waals surface area contributed by atoms with E-state index >= 15 is 0 Å². The lowest BCUT2D eigenvalue weighted by molar-refractivity contribution is -0.134. The molecular formula is C39H43N7O4. The minimum absolute atomic E-state index is 0.144. The van der Waals surface area contributed by atoms with Crippen molar-refractivity contribution in [2.45, 2.75) is 75.3 Å². The minimum atomic E-state index is -0.336. The maximum absolute atomic E-state index is 12.7. The zero-order chi connectivity index (χ0) is 34.2. The zero-order valence-electron chi connectivity index (χ0n) is 28.1. The van der Waals surface area contributed by atoms with E-state index in [1.165, 1.54) is 11.1 Å². The molecule has 2 aromatic carbocycles. The quantitative estimate of drug-likeness (QED) is 0.227. The number of piperidine rings is 2. The van der Waals surface area contributed by atoms with Crippen LogP contribution in [0.15, 0.2) is 66.9 Å². The van der Waals surface area contributed by atoms with Crippen molar-refractivity contribution < 1.29 is 19.4 Å². The van der Waals surface area contributed by atoms with E-state index in [1.54, 1.807) is 12.1 Å². The molecule has 4 aliphatic rings. The first kappa shape index (κ1) is 32.2. The van der Waals surface area contributed by atoms with Gasteiger partial charge in [0.1, 0.15) is 24.1 Å². The number of pyridine rings is 1. The molecule has 3 aliphatic heterocycles. The van der Waals surface area contributed by atoms with Crippen LogP contribution in [0.25, 0.3) is 22.5 Å². The number of para-hydroxylation sites is 2. The first-order valence-electron chi connectivity index (χ1n) is 17.9. The Bertz CT molecular complexity index is 1900. The Kier molecular flexibility index (Phi) is 8.82. The van der Waals surface area contributed by atoms with Crippen LogP contribution in [0.1, 0.15) is 74.3 Å². The lowest BCUT2D eigenvalue weighted by atomic mass is 9.79. The molecule has 3 fully saturated rings. The van der Waals surface area contributed by atoms with Gasteiger partial charge in [-0.15, -0.1) is 10.2 Å². The number of benzene rings is 2. The van der Waals surface area contributed by atoms with Crippen LogP contribution in [0.5, 0.6) is 11.5 Å². The molecule has 0 radical (unpaired) electrons. The standard InChI is InChI=1S/C39H43N7O4/c40-38-30(23-32(43-44-38)29-4-1-2-7-35(29)47)31-22-26(14-17-41-31)24-15-18-45(19-16-24)27-10-8-25(9-11-27)28-5-3-6-33-37(28)50-21-20-46(33)34-12-13-36(48)42-39(34)49/h1-7,14,17,22-25,27,34,47H,8-13,15-16,18-21H2,(H2,40,44)(H,42,48,49)/t25?,27?,34-/m1/s1. The highest BCUT2D eigenvalue weighted by atomic mass is 16.5. The van der Waals surface area contributed by atoms with Gasteiger partial charge in [-0.2, -0.15) is 0 Å². The van der Waals surface area contributed by atoms with Gasteiger partial charge in [-0.05, 0) is 117 Å². The summed E-state index contributed by atoms with van der Waals surface area (Å²) in [7, 11) is 0. The van der Waals surface area contributed by atoms with Crippen LogP contribution in [0.3, 0.4) is 0 Å². The number of nitrogens with zero attached hydrogens (tertiary/aromatic N) is 5. The monoisotopic (exact) mass is 673 g/mol. The van der Waals surface area contributed by atoms with E-state index in [0.29, 0.717) is 66.5 Å². The number of hydrogen-bond acceptors (Lipinski definition) is 10. The smallest absolute Gasteiger partial charge is 0.249 e. The SMILES string of the molecule is Nc1nnc(-c2ccccc2O)cc1-c1cc(C2CCN(C3CCC(c4cccc5c4OCCN5[C@@H]4CCC(=O)NC4=O)CC3)CC2)ccn1. The summed E-state index contributed by atoms with van der Waals surface area (Å²) >= 11 is 0. The number of nitrogen functional groups attached to an aromatic ring is 1. The molecule has 258 valence electrons. The van der Waals surface area contributed by atoms with Crippen molar-refractivity contribution in [1.82, 2.24) is 25.4 Å². The highest BCUT2D eigenvalue weighted by molar-refractivity contribution is 6.02. The summed E-state index contributed by atoms with van der Waals surface area (Å²) in [5.74, 6) is 1.85. The molecule has 5 heterocycles. The van der Waals surface area contributed by atoms with Crippen LogP contribution >= 0.6 is 0 Å². The number of nitrogens with two attached hydrogens (primary N) is 1. The summed E-state index contributed by atoms with van der Waals surface area (Å²) in [5.41, 5.74) is 12.4. The Morgan fingerprint density at radius 1 is 0.820 bits per heavy atom. The third-order valence-corrected chi connectivity index (χ3v) is 11.2. The van der Waals surface area contributed by atoms with Crippen molar-refractivity contribution in [1.29, 1.82) is 0 Å². The molecule has 4 N–H and O–H groups in total. The number of imide groups is 1. The number of amides is 2. The molecule has 4 aromatic rings. The molecule has 8 rings (SSSR count). The Morgan fingerprint density at radius 3 is 2.44 bits per heavy atom. The number of phenols is 1. The summed E-state index contributed by atoms with van der Waals surface area (Å²) in [6.45, 7) is 3.32. The third kappa shape index (κ3) is 6.26. The average molecular weight is 674 g/mol. The molecule has 2 saturated heterocycles. The molecule has 0 unspecified atom stereocenters. The van der Waals surface area contributed by atoms with Gasteiger partial charge >= 0.3 is 0 Å². The fraction of sp³-hybridized carbons (Fsp3) is 0.410. The van der Waals surface area contributed by atoms with Crippen LogP contribution in [0.4, 0.5) is 11.5 Å². The molecule has 11 nitrogen and oxygen atoms in total. The fourth-order valence-electron chi connectivity index (χ4n) is 8.54. The number of rotatable bonds is 6. The number of aromatic nitrogens is 3. The number of nitrogens with one attached hydrogen (secondary N) is 1. The van der Waals surface area contributed by atoms with Crippen molar-refractivity contribution in [3.05, 3.63) is 78.0 Å². The minimum Gasteiger partial charge on any atom is -0.507 e. The summed E-state index contributed by atoms with van der Waals surface area (Å²) in [4.78, 5) is 33.9.